The summed E-state index contributed by atoms with van der Waals surface area (Å²) in [5.74, 6) is -1.39. The SMILES string of the molecule is CC(=O)Nc1ccc(C(=O)[C@H](C)OC(=O)c2ccc([N+](=O)[O-])cc2)cc1. The zero-order chi connectivity index (χ0) is 19.3. The number of carbonyl (C=O) groups is 3. The van der Waals surface area contributed by atoms with Crippen molar-refractivity contribution in [1.82, 2.24) is 0 Å². The molecule has 0 saturated carbocycles. The Bertz CT molecular complexity index is 843. The number of carbonyl (C=O) groups excluding carboxylic acids is 3. The zero-order valence-electron chi connectivity index (χ0n) is 14.1. The van der Waals surface area contributed by atoms with Gasteiger partial charge in [-0.3, -0.25) is 19.7 Å². The first-order chi connectivity index (χ1) is 12.3. The zero-order valence-corrected chi connectivity index (χ0v) is 14.1. The molecule has 8 heteroatoms. The van der Waals surface area contributed by atoms with Crippen LogP contribution in [0, 0.1) is 10.1 Å². The van der Waals surface area contributed by atoms with Crippen molar-refractivity contribution in [3.05, 3.63) is 69.8 Å². The molecule has 0 heterocycles. The van der Waals surface area contributed by atoms with Gasteiger partial charge >= 0.3 is 5.97 Å². The van der Waals surface area contributed by atoms with Gasteiger partial charge in [-0.1, -0.05) is 0 Å². The first-order valence-electron chi connectivity index (χ1n) is 7.65. The molecule has 2 aromatic rings. The summed E-state index contributed by atoms with van der Waals surface area (Å²) in [6.07, 6.45) is -1.04. The number of ether oxygens (including phenoxy) is 1. The third kappa shape index (κ3) is 4.73. The molecule has 0 fully saturated rings. The Morgan fingerprint density at radius 3 is 2.04 bits per heavy atom. The molecule has 1 N–H and O–H groups in total. The normalized spacial score (nSPS) is 11.3. The maximum Gasteiger partial charge on any atom is 0.338 e. The van der Waals surface area contributed by atoms with Crippen molar-refractivity contribution in [2.75, 3.05) is 5.32 Å². The Labute approximate surface area is 148 Å². The molecule has 0 aliphatic carbocycles. The highest BCUT2D eigenvalue weighted by molar-refractivity contribution is 6.02. The number of nitro groups is 1. The van der Waals surface area contributed by atoms with Gasteiger partial charge in [0.1, 0.15) is 0 Å². The van der Waals surface area contributed by atoms with Gasteiger partial charge in [0.05, 0.1) is 10.5 Å². The van der Waals surface area contributed by atoms with Crippen LogP contribution in [-0.2, 0) is 9.53 Å². The monoisotopic (exact) mass is 356 g/mol. The molecule has 0 saturated heterocycles. The topological polar surface area (TPSA) is 116 Å². The number of anilines is 1. The number of nitrogens with zero attached hydrogens (tertiary/aromatic N) is 1. The van der Waals surface area contributed by atoms with E-state index in [1.165, 1.54) is 50.2 Å². The van der Waals surface area contributed by atoms with Crippen LogP contribution >= 0.6 is 0 Å². The average Bonchev–Trinajstić information content (AvgIpc) is 2.61. The van der Waals surface area contributed by atoms with Crippen LogP contribution in [0.15, 0.2) is 48.5 Å². The Morgan fingerprint density at radius 2 is 1.54 bits per heavy atom. The molecular formula is C18H16N2O6. The second kappa shape index (κ2) is 8.02. The second-order valence-electron chi connectivity index (χ2n) is 5.47. The lowest BCUT2D eigenvalue weighted by atomic mass is 10.1. The quantitative estimate of drug-likeness (QED) is 0.368. The number of rotatable bonds is 6. The third-order valence-electron chi connectivity index (χ3n) is 3.46. The summed E-state index contributed by atoms with van der Waals surface area (Å²) in [6, 6.07) is 11.1. The van der Waals surface area contributed by atoms with E-state index in [-0.39, 0.29) is 17.2 Å². The van der Waals surface area contributed by atoms with E-state index in [2.05, 4.69) is 5.32 Å². The molecule has 2 aromatic carbocycles. The molecule has 0 aliphatic heterocycles. The van der Waals surface area contributed by atoms with Crippen molar-refractivity contribution in [3.8, 4) is 0 Å². The average molecular weight is 356 g/mol. The van der Waals surface area contributed by atoms with Crippen LogP contribution in [0.2, 0.25) is 0 Å². The molecule has 1 amide bonds. The summed E-state index contributed by atoms with van der Waals surface area (Å²) in [6.45, 7) is 2.81. The van der Waals surface area contributed by atoms with Crippen molar-refractivity contribution in [2.45, 2.75) is 20.0 Å². The van der Waals surface area contributed by atoms with E-state index in [0.717, 1.165) is 0 Å². The fourth-order valence-corrected chi connectivity index (χ4v) is 2.16. The predicted molar refractivity (Wildman–Crippen MR) is 93.1 cm³/mol. The molecule has 0 aliphatic rings. The minimum atomic E-state index is -1.04. The van der Waals surface area contributed by atoms with E-state index in [1.807, 2.05) is 0 Å². The fourth-order valence-electron chi connectivity index (χ4n) is 2.16. The van der Waals surface area contributed by atoms with Crippen LogP contribution in [0.5, 0.6) is 0 Å². The van der Waals surface area contributed by atoms with Crippen molar-refractivity contribution in [1.29, 1.82) is 0 Å². The van der Waals surface area contributed by atoms with E-state index in [1.54, 1.807) is 12.1 Å². The van der Waals surface area contributed by atoms with Gasteiger partial charge in [-0.25, -0.2) is 4.79 Å². The van der Waals surface area contributed by atoms with Gasteiger partial charge in [-0.05, 0) is 43.3 Å². The minimum Gasteiger partial charge on any atom is -0.451 e. The summed E-state index contributed by atoms with van der Waals surface area (Å²) in [5, 5.41) is 13.2. The lowest BCUT2D eigenvalue weighted by molar-refractivity contribution is -0.384. The van der Waals surface area contributed by atoms with Gasteiger partial charge in [0, 0.05) is 30.3 Å². The van der Waals surface area contributed by atoms with Crippen LogP contribution < -0.4 is 5.32 Å². The number of hydrogen-bond donors (Lipinski definition) is 1. The highest BCUT2D eigenvalue weighted by atomic mass is 16.6. The number of nitrogens with one attached hydrogen (secondary N) is 1. The number of hydrogen-bond acceptors (Lipinski definition) is 6. The van der Waals surface area contributed by atoms with Crippen molar-refractivity contribution >= 4 is 29.0 Å². The maximum absolute atomic E-state index is 12.3. The van der Waals surface area contributed by atoms with Crippen LogP contribution in [0.25, 0.3) is 0 Å². The molecule has 0 bridgehead atoms. The first-order valence-corrected chi connectivity index (χ1v) is 7.65. The number of esters is 1. The standard InChI is InChI=1S/C18H16N2O6/c1-11(17(22)13-3-7-15(8-4-13)19-12(2)21)26-18(23)14-5-9-16(10-6-14)20(24)25/h3-11H,1-2H3,(H,19,21)/t11-/m0/s1. The number of amides is 1. The van der Waals surface area contributed by atoms with Crippen molar-refractivity contribution < 1.29 is 24.0 Å². The number of ketones is 1. The van der Waals surface area contributed by atoms with Crippen LogP contribution in [-0.4, -0.2) is 28.7 Å². The highest BCUT2D eigenvalue weighted by Crippen LogP contribution is 2.15. The molecule has 0 unspecified atom stereocenters. The molecule has 1 atom stereocenters. The molecule has 2 rings (SSSR count). The van der Waals surface area contributed by atoms with Gasteiger partial charge < -0.3 is 10.1 Å². The van der Waals surface area contributed by atoms with E-state index in [4.69, 9.17) is 4.74 Å². The second-order valence-corrected chi connectivity index (χ2v) is 5.47. The summed E-state index contributed by atoms with van der Waals surface area (Å²) in [7, 11) is 0. The highest BCUT2D eigenvalue weighted by Gasteiger charge is 2.21. The van der Waals surface area contributed by atoms with Crippen molar-refractivity contribution in [2.24, 2.45) is 0 Å². The Hall–Kier alpha value is -3.55. The molecule has 134 valence electrons. The van der Waals surface area contributed by atoms with E-state index in [0.29, 0.717) is 11.3 Å². The van der Waals surface area contributed by atoms with Gasteiger partial charge in [-0.15, -0.1) is 0 Å². The lowest BCUT2D eigenvalue weighted by Crippen LogP contribution is -2.24. The molecule has 26 heavy (non-hydrogen) atoms. The van der Waals surface area contributed by atoms with Gasteiger partial charge in [0.25, 0.3) is 5.69 Å². The largest absolute Gasteiger partial charge is 0.451 e. The van der Waals surface area contributed by atoms with Gasteiger partial charge in [0.2, 0.25) is 11.7 Å². The predicted octanol–water partition coefficient (Wildman–Crippen LogP) is 2.98. The van der Waals surface area contributed by atoms with Crippen molar-refractivity contribution in [3.63, 3.8) is 0 Å². The van der Waals surface area contributed by atoms with Crippen LogP contribution in [0.4, 0.5) is 11.4 Å². The van der Waals surface area contributed by atoms with E-state index < -0.39 is 22.8 Å². The Kier molecular flexibility index (Phi) is 5.79. The number of nitro benzene ring substituents is 1. The van der Waals surface area contributed by atoms with Crippen LogP contribution in [0.3, 0.4) is 0 Å². The smallest absolute Gasteiger partial charge is 0.338 e. The van der Waals surface area contributed by atoms with E-state index in [9.17, 15) is 24.5 Å². The van der Waals surface area contributed by atoms with E-state index >= 15 is 0 Å². The molecular weight excluding hydrogens is 340 g/mol. The summed E-state index contributed by atoms with van der Waals surface area (Å²) in [5.41, 5.74) is 0.828. The summed E-state index contributed by atoms with van der Waals surface area (Å²) in [4.78, 5) is 45.4. The molecule has 8 nitrogen and oxygen atoms in total. The van der Waals surface area contributed by atoms with Crippen LogP contribution in [0.1, 0.15) is 34.6 Å². The first kappa shape index (κ1) is 18.8. The maximum atomic E-state index is 12.3. The molecule has 0 radical (unpaired) electrons. The summed E-state index contributed by atoms with van der Waals surface area (Å²) < 4.78 is 5.12. The third-order valence-corrected chi connectivity index (χ3v) is 3.46. The number of Topliss-reactive ketones (excluding diaryl/α,β-unsaturated/α-hetero) is 1. The number of benzene rings is 2. The minimum absolute atomic E-state index is 0.108. The molecule has 0 aromatic heterocycles. The van der Waals surface area contributed by atoms with Gasteiger partial charge in [0.15, 0.2) is 6.10 Å². The fraction of sp³-hybridized carbons (Fsp3) is 0.167. The number of non-ortho nitro benzene ring substituents is 1. The summed E-state index contributed by atoms with van der Waals surface area (Å²) >= 11 is 0. The van der Waals surface area contributed by atoms with Gasteiger partial charge in [-0.2, -0.15) is 0 Å². The Balaban J connectivity index is 2.02. The molecule has 0 spiro atoms. The Morgan fingerprint density at radius 1 is 1.00 bits per heavy atom. The lowest BCUT2D eigenvalue weighted by Gasteiger charge is -2.13.